The van der Waals surface area contributed by atoms with Crippen LogP contribution >= 0.6 is 23.2 Å². The first-order valence-electron chi connectivity index (χ1n) is 4.55. The van der Waals surface area contributed by atoms with Crippen molar-refractivity contribution in [1.29, 1.82) is 0 Å². The zero-order chi connectivity index (χ0) is 12.1. The lowest BCUT2D eigenvalue weighted by Crippen LogP contribution is -2.29. The normalized spacial score (nSPS) is 11.3. The van der Waals surface area contributed by atoms with Crippen LogP contribution in [0.4, 0.5) is 4.79 Å². The molecule has 0 aliphatic rings. The molecule has 0 aromatic heterocycles. The van der Waals surface area contributed by atoms with Crippen LogP contribution in [0.5, 0.6) is 0 Å². The summed E-state index contributed by atoms with van der Waals surface area (Å²) < 4.78 is 5.50. The number of hydrogen-bond donors (Lipinski definition) is 1. The summed E-state index contributed by atoms with van der Waals surface area (Å²) in [5.41, 5.74) is 0.474. The van der Waals surface area contributed by atoms with Crippen molar-refractivity contribution in [3.63, 3.8) is 0 Å². The summed E-state index contributed by atoms with van der Waals surface area (Å²) in [6, 6.07) is 5.00. The summed E-state index contributed by atoms with van der Waals surface area (Å²) in [6.07, 6.45) is 0.654. The largest absolute Gasteiger partial charge is 0.625 e. The van der Waals surface area contributed by atoms with E-state index < -0.39 is 6.09 Å². The second-order valence-corrected chi connectivity index (χ2v) is 3.69. The van der Waals surface area contributed by atoms with E-state index in [0.29, 0.717) is 15.6 Å². The lowest BCUT2D eigenvalue weighted by Gasteiger charge is -1.99. The highest BCUT2D eigenvalue weighted by molar-refractivity contribution is 6.38. The van der Waals surface area contributed by atoms with Gasteiger partial charge in [-0.2, -0.15) is 10.6 Å². The molecule has 16 heavy (non-hydrogen) atoms. The first-order chi connectivity index (χ1) is 7.56. The first kappa shape index (κ1) is 12.8. The fourth-order valence-electron chi connectivity index (χ4n) is 1.02. The predicted octanol–water partition coefficient (Wildman–Crippen LogP) is 2.46. The van der Waals surface area contributed by atoms with Gasteiger partial charge in [-0.1, -0.05) is 29.3 Å². The number of benzene rings is 1. The average Bonchev–Trinajstić information content (AvgIpc) is 2.23. The standard InChI is InChI=1S/C10H11Cl2N2O2/c1-2-16-10(15)14(13)6-7-8(11)4-3-5-9(7)12/h3-6H,2,13H2,1H3/q+1/b14-6-. The van der Waals surface area contributed by atoms with E-state index >= 15 is 0 Å². The minimum Gasteiger partial charge on any atom is -0.410 e. The molecule has 0 unspecified atom stereocenters. The number of hydrazone groups is 1. The van der Waals surface area contributed by atoms with E-state index in [9.17, 15) is 4.79 Å². The van der Waals surface area contributed by atoms with Crippen LogP contribution < -0.4 is 5.84 Å². The minimum atomic E-state index is -0.668. The maximum absolute atomic E-state index is 11.2. The van der Waals surface area contributed by atoms with E-state index in [1.165, 1.54) is 6.21 Å². The molecule has 0 aliphatic heterocycles. The highest BCUT2D eigenvalue weighted by Gasteiger charge is 2.17. The summed E-state index contributed by atoms with van der Waals surface area (Å²) in [7, 11) is 0. The molecule has 2 N–H and O–H groups in total. The molecule has 1 aromatic rings. The van der Waals surface area contributed by atoms with Gasteiger partial charge in [0.15, 0.2) is 0 Å². The van der Waals surface area contributed by atoms with Gasteiger partial charge >= 0.3 is 6.09 Å². The van der Waals surface area contributed by atoms with Crippen LogP contribution in [0.3, 0.4) is 0 Å². The van der Waals surface area contributed by atoms with E-state index in [1.807, 2.05) is 0 Å². The van der Waals surface area contributed by atoms with Gasteiger partial charge in [-0.15, -0.1) is 0 Å². The van der Waals surface area contributed by atoms with Crippen molar-refractivity contribution in [2.75, 3.05) is 6.61 Å². The minimum absolute atomic E-state index is 0.247. The number of nitrogens with zero attached hydrogens (tertiary/aromatic N) is 1. The number of nitrogens with two attached hydrogens (primary N) is 1. The summed E-state index contributed by atoms with van der Waals surface area (Å²) in [5.74, 6) is 5.46. The first-order valence-corrected chi connectivity index (χ1v) is 5.31. The van der Waals surface area contributed by atoms with Crippen LogP contribution in [-0.4, -0.2) is 23.6 Å². The molecule has 0 aliphatic carbocycles. The topological polar surface area (TPSA) is 55.3 Å². The third-order valence-electron chi connectivity index (χ3n) is 1.75. The van der Waals surface area contributed by atoms with Crippen LogP contribution in [0, 0.1) is 0 Å². The van der Waals surface area contributed by atoms with Gasteiger partial charge < -0.3 is 4.74 Å². The zero-order valence-corrected chi connectivity index (χ0v) is 10.1. The maximum Gasteiger partial charge on any atom is 0.625 e. The van der Waals surface area contributed by atoms with E-state index in [1.54, 1.807) is 25.1 Å². The molecule has 0 fully saturated rings. The van der Waals surface area contributed by atoms with Crippen molar-refractivity contribution in [2.45, 2.75) is 6.92 Å². The van der Waals surface area contributed by atoms with Gasteiger partial charge in [-0.3, -0.25) is 0 Å². The predicted molar refractivity (Wildman–Crippen MR) is 63.1 cm³/mol. The Hall–Kier alpha value is -1.26. The van der Waals surface area contributed by atoms with Crippen molar-refractivity contribution < 1.29 is 14.2 Å². The molecule has 4 nitrogen and oxygen atoms in total. The molecule has 0 spiro atoms. The number of carbonyl (C=O) groups excluding carboxylic acids is 1. The Balaban J connectivity index is 3.02. The SMILES string of the molecule is CCOC(=O)/[N+](N)=C/c1c(Cl)cccc1Cl. The van der Waals surface area contributed by atoms with Gasteiger partial charge in [0.2, 0.25) is 6.21 Å². The average molecular weight is 262 g/mol. The molecule has 86 valence electrons. The monoisotopic (exact) mass is 261 g/mol. The molecular weight excluding hydrogens is 251 g/mol. The van der Waals surface area contributed by atoms with Crippen LogP contribution in [0.1, 0.15) is 12.5 Å². The Morgan fingerprint density at radius 2 is 2.06 bits per heavy atom. The van der Waals surface area contributed by atoms with Crippen LogP contribution in [0.2, 0.25) is 10.0 Å². The van der Waals surface area contributed by atoms with Crippen molar-refractivity contribution >= 4 is 35.5 Å². The smallest absolute Gasteiger partial charge is 0.410 e. The number of rotatable bonds is 2. The quantitative estimate of drug-likeness (QED) is 0.293. The van der Waals surface area contributed by atoms with Gasteiger partial charge in [0.25, 0.3) is 0 Å². The molecule has 0 saturated heterocycles. The van der Waals surface area contributed by atoms with E-state index in [0.717, 1.165) is 4.68 Å². The van der Waals surface area contributed by atoms with Crippen LogP contribution in [0.15, 0.2) is 18.2 Å². The molecule has 1 rings (SSSR count). The van der Waals surface area contributed by atoms with Crippen LogP contribution in [0.25, 0.3) is 0 Å². The molecule has 0 saturated carbocycles. The summed E-state index contributed by atoms with van der Waals surface area (Å²) >= 11 is 11.8. The summed E-state index contributed by atoms with van der Waals surface area (Å²) in [6.45, 7) is 1.94. The molecule has 0 heterocycles. The molecule has 0 radical (unpaired) electrons. The van der Waals surface area contributed by atoms with Crippen molar-refractivity contribution in [1.82, 2.24) is 0 Å². The highest BCUT2D eigenvalue weighted by Crippen LogP contribution is 2.21. The molecule has 0 atom stereocenters. The van der Waals surface area contributed by atoms with E-state index in [4.69, 9.17) is 33.8 Å². The van der Waals surface area contributed by atoms with E-state index in [-0.39, 0.29) is 6.61 Å². The van der Waals surface area contributed by atoms with E-state index in [2.05, 4.69) is 0 Å². The van der Waals surface area contributed by atoms with Gasteiger partial charge in [0.1, 0.15) is 0 Å². The summed E-state index contributed by atoms with van der Waals surface area (Å²) in [4.78, 5) is 11.2. The highest BCUT2D eigenvalue weighted by atomic mass is 35.5. The van der Waals surface area contributed by atoms with Crippen molar-refractivity contribution in [3.8, 4) is 0 Å². The van der Waals surface area contributed by atoms with Crippen LogP contribution in [-0.2, 0) is 4.74 Å². The second-order valence-electron chi connectivity index (χ2n) is 2.87. The Morgan fingerprint density at radius 1 is 1.50 bits per heavy atom. The fourth-order valence-corrected chi connectivity index (χ4v) is 1.52. The molecule has 1 aromatic carbocycles. The Kier molecular flexibility index (Phi) is 4.58. The maximum atomic E-state index is 11.2. The van der Waals surface area contributed by atoms with Crippen molar-refractivity contribution in [2.24, 2.45) is 5.84 Å². The Morgan fingerprint density at radius 3 is 2.56 bits per heavy atom. The Bertz CT molecular complexity index is 413. The summed E-state index contributed by atoms with van der Waals surface area (Å²) in [5, 5.41) is 0.819. The fraction of sp³-hybridized carbons (Fsp3) is 0.200. The lowest BCUT2D eigenvalue weighted by molar-refractivity contribution is -0.452. The number of amides is 1. The molecule has 6 heteroatoms. The molecule has 1 amide bonds. The molecule has 0 bridgehead atoms. The lowest BCUT2D eigenvalue weighted by atomic mass is 10.2. The zero-order valence-electron chi connectivity index (χ0n) is 8.61. The number of ether oxygens (including phenoxy) is 1. The Labute approximate surface area is 103 Å². The molecular formula is C10H11Cl2N2O2+. The number of carbonyl (C=O) groups is 1. The number of hydrazine groups is 1. The second kappa shape index (κ2) is 5.72. The number of halogens is 2. The number of hydrogen-bond acceptors (Lipinski definition) is 3. The van der Waals surface area contributed by atoms with Gasteiger partial charge in [0.05, 0.1) is 22.2 Å². The van der Waals surface area contributed by atoms with Gasteiger partial charge in [-0.25, -0.2) is 0 Å². The van der Waals surface area contributed by atoms with Gasteiger partial charge in [0, 0.05) is 0 Å². The van der Waals surface area contributed by atoms with Crippen molar-refractivity contribution in [3.05, 3.63) is 33.8 Å². The third kappa shape index (κ3) is 3.12. The van der Waals surface area contributed by atoms with Gasteiger partial charge in [-0.05, 0) is 23.7 Å². The third-order valence-corrected chi connectivity index (χ3v) is 2.41.